The van der Waals surface area contributed by atoms with Crippen LogP contribution in [0, 0.1) is 0 Å². The molecular weight excluding hydrogens is 216 g/mol. The molecule has 14 heavy (non-hydrogen) atoms. The normalized spacial score (nSPS) is 9.43. The summed E-state index contributed by atoms with van der Waals surface area (Å²) >= 11 is 0. The number of nitrogens with two attached hydrogens (primary N) is 2. The minimum atomic E-state index is -4.67. The van der Waals surface area contributed by atoms with E-state index in [0.717, 1.165) is 0 Å². The van der Waals surface area contributed by atoms with Gasteiger partial charge in [-0.2, -0.15) is 13.4 Å². The number of hydrogen-bond donors (Lipinski definition) is 4. The Bertz CT molecular complexity index is 296. The van der Waals surface area contributed by atoms with E-state index in [0.29, 0.717) is 0 Å². The first-order valence-electron chi connectivity index (χ1n) is 3.05. The summed E-state index contributed by atoms with van der Waals surface area (Å²) in [4.78, 5) is 15.0. The predicted molar refractivity (Wildman–Crippen MR) is 49.1 cm³/mol. The molecule has 0 saturated heterocycles. The molecule has 0 fully saturated rings. The van der Waals surface area contributed by atoms with Crippen LogP contribution in [0.25, 0.3) is 0 Å². The lowest BCUT2D eigenvalue weighted by atomic mass is 10.8. The monoisotopic (exact) mass is 228 g/mol. The van der Waals surface area contributed by atoms with Crippen molar-refractivity contribution in [2.75, 3.05) is 14.1 Å². The SMILES string of the molecule is CN(C)C(=O)N=C(N)N.O=S(=O)(O)O. The molecule has 6 N–H and O–H groups in total. The highest BCUT2D eigenvalue weighted by Gasteiger charge is 1.98. The van der Waals surface area contributed by atoms with Crippen LogP contribution in [0.15, 0.2) is 4.99 Å². The van der Waals surface area contributed by atoms with E-state index >= 15 is 0 Å². The van der Waals surface area contributed by atoms with Gasteiger partial charge in [0.1, 0.15) is 0 Å². The fraction of sp³-hybridized carbons (Fsp3) is 0.500. The highest BCUT2D eigenvalue weighted by molar-refractivity contribution is 7.79. The van der Waals surface area contributed by atoms with E-state index in [-0.39, 0.29) is 5.96 Å². The summed E-state index contributed by atoms with van der Waals surface area (Å²) in [5.74, 6) is -0.214. The molecule has 0 unspecified atom stereocenters. The Morgan fingerprint density at radius 1 is 1.29 bits per heavy atom. The fourth-order valence-corrected chi connectivity index (χ4v) is 0.210. The molecule has 0 rings (SSSR count). The zero-order valence-electron chi connectivity index (χ0n) is 7.58. The first kappa shape index (κ1) is 15.1. The number of nitrogens with zero attached hydrogens (tertiary/aromatic N) is 2. The van der Waals surface area contributed by atoms with Crippen molar-refractivity contribution < 1.29 is 22.3 Å². The third-order valence-electron chi connectivity index (χ3n) is 0.607. The molecule has 0 heterocycles. The van der Waals surface area contributed by atoms with Crippen molar-refractivity contribution in [2.45, 2.75) is 0 Å². The van der Waals surface area contributed by atoms with Crippen LogP contribution in [0.5, 0.6) is 0 Å². The van der Waals surface area contributed by atoms with Crippen LogP contribution in [-0.4, -0.2) is 48.5 Å². The zero-order chi connectivity index (χ0) is 11.9. The molecule has 9 nitrogen and oxygen atoms in total. The van der Waals surface area contributed by atoms with E-state index in [1.807, 2.05) is 0 Å². The Balaban J connectivity index is 0. The van der Waals surface area contributed by atoms with Gasteiger partial charge in [0.05, 0.1) is 0 Å². The lowest BCUT2D eigenvalue weighted by Crippen LogP contribution is -2.28. The fourth-order valence-electron chi connectivity index (χ4n) is 0.210. The first-order chi connectivity index (χ1) is 6.04. The summed E-state index contributed by atoms with van der Waals surface area (Å²) in [6.45, 7) is 0. The summed E-state index contributed by atoms with van der Waals surface area (Å²) in [6, 6.07) is -0.449. The van der Waals surface area contributed by atoms with Crippen molar-refractivity contribution in [3.05, 3.63) is 0 Å². The van der Waals surface area contributed by atoms with E-state index in [2.05, 4.69) is 4.99 Å². The summed E-state index contributed by atoms with van der Waals surface area (Å²) in [5.41, 5.74) is 9.82. The molecule has 0 aliphatic carbocycles. The number of rotatable bonds is 0. The van der Waals surface area contributed by atoms with Crippen molar-refractivity contribution in [2.24, 2.45) is 16.5 Å². The van der Waals surface area contributed by atoms with Gasteiger partial charge in [0.2, 0.25) is 0 Å². The van der Waals surface area contributed by atoms with Crippen molar-refractivity contribution in [3.8, 4) is 0 Å². The summed E-state index contributed by atoms with van der Waals surface area (Å²) in [6.07, 6.45) is 0. The maximum atomic E-state index is 10.5. The Morgan fingerprint density at radius 3 is 1.64 bits per heavy atom. The third-order valence-corrected chi connectivity index (χ3v) is 0.607. The van der Waals surface area contributed by atoms with Gasteiger partial charge in [0.15, 0.2) is 5.96 Å². The molecule has 0 bridgehead atoms. The molecule has 0 saturated carbocycles. The van der Waals surface area contributed by atoms with Gasteiger partial charge in [0, 0.05) is 14.1 Å². The molecule has 0 atom stereocenters. The quantitative estimate of drug-likeness (QED) is 0.218. The number of amides is 2. The van der Waals surface area contributed by atoms with Crippen LogP contribution in [-0.2, 0) is 10.4 Å². The van der Waals surface area contributed by atoms with Crippen LogP contribution in [0.1, 0.15) is 0 Å². The zero-order valence-corrected chi connectivity index (χ0v) is 8.39. The highest BCUT2D eigenvalue weighted by Crippen LogP contribution is 1.80. The van der Waals surface area contributed by atoms with Crippen LogP contribution < -0.4 is 11.5 Å². The molecule has 0 aromatic rings. The Morgan fingerprint density at radius 2 is 1.57 bits per heavy atom. The number of guanidine groups is 1. The second-order valence-electron chi connectivity index (χ2n) is 2.16. The smallest absolute Gasteiger partial charge is 0.370 e. The van der Waals surface area contributed by atoms with Gasteiger partial charge in [-0.05, 0) is 0 Å². The number of carbonyl (C=O) groups excluding carboxylic acids is 1. The van der Waals surface area contributed by atoms with Crippen molar-refractivity contribution in [1.82, 2.24) is 4.90 Å². The van der Waals surface area contributed by atoms with Crippen molar-refractivity contribution in [1.29, 1.82) is 0 Å². The molecule has 0 radical (unpaired) electrons. The lowest BCUT2D eigenvalue weighted by molar-refractivity contribution is 0.227. The second-order valence-corrected chi connectivity index (χ2v) is 3.06. The van der Waals surface area contributed by atoms with Gasteiger partial charge in [0.25, 0.3) is 0 Å². The molecule has 0 spiro atoms. The number of carbonyl (C=O) groups is 1. The minimum Gasteiger partial charge on any atom is -0.370 e. The standard InChI is InChI=1S/C4H10N4O.H2O4S/c1-8(2)4(9)7-3(5)6;1-5(2,3)4/h1-2H3,(H4,5,6,7,9);(H2,1,2,3,4). The van der Waals surface area contributed by atoms with E-state index < -0.39 is 16.4 Å². The van der Waals surface area contributed by atoms with E-state index in [9.17, 15) is 4.79 Å². The average Bonchev–Trinajstić information content (AvgIpc) is 1.80. The maximum absolute atomic E-state index is 10.5. The molecule has 0 aromatic carbocycles. The van der Waals surface area contributed by atoms with Crippen LogP contribution >= 0.6 is 0 Å². The highest BCUT2D eigenvalue weighted by atomic mass is 32.3. The Labute approximate surface area is 81.0 Å². The van der Waals surface area contributed by atoms with Crippen LogP contribution in [0.3, 0.4) is 0 Å². The summed E-state index contributed by atoms with van der Waals surface area (Å²) in [5, 5.41) is 0. The molecule has 0 aliphatic heterocycles. The predicted octanol–water partition coefficient (Wildman–Crippen LogP) is -1.71. The third kappa shape index (κ3) is 22.4. The molecule has 0 aromatic heterocycles. The lowest BCUT2D eigenvalue weighted by Gasteiger charge is -2.03. The maximum Gasteiger partial charge on any atom is 0.394 e. The number of urea groups is 1. The van der Waals surface area contributed by atoms with Gasteiger partial charge < -0.3 is 16.4 Å². The van der Waals surface area contributed by atoms with E-state index in [1.165, 1.54) is 4.90 Å². The summed E-state index contributed by atoms with van der Waals surface area (Å²) in [7, 11) is -1.54. The second kappa shape index (κ2) is 6.12. The number of aliphatic imine (C=N–C) groups is 1. The summed E-state index contributed by atoms with van der Waals surface area (Å²) < 4.78 is 31.6. The molecule has 84 valence electrons. The topological polar surface area (TPSA) is 159 Å². The number of hydrogen-bond acceptors (Lipinski definition) is 3. The minimum absolute atomic E-state index is 0.214. The van der Waals surface area contributed by atoms with Gasteiger partial charge in [-0.3, -0.25) is 9.11 Å². The van der Waals surface area contributed by atoms with Crippen molar-refractivity contribution >= 4 is 22.4 Å². The first-order valence-corrected chi connectivity index (χ1v) is 4.44. The molecule has 2 amide bonds. The van der Waals surface area contributed by atoms with E-state index in [1.54, 1.807) is 14.1 Å². The average molecular weight is 228 g/mol. The Hall–Kier alpha value is -1.39. The van der Waals surface area contributed by atoms with E-state index in [4.69, 9.17) is 29.0 Å². The van der Waals surface area contributed by atoms with Gasteiger partial charge in [-0.15, -0.1) is 0 Å². The molecule has 10 heteroatoms. The van der Waals surface area contributed by atoms with Gasteiger partial charge >= 0.3 is 16.4 Å². The molecular formula is C4H12N4O5S. The largest absolute Gasteiger partial charge is 0.394 e. The van der Waals surface area contributed by atoms with Crippen LogP contribution in [0.4, 0.5) is 4.79 Å². The Kier molecular flexibility index (Phi) is 6.60. The van der Waals surface area contributed by atoms with Gasteiger partial charge in [-0.25, -0.2) is 4.79 Å². The molecule has 0 aliphatic rings. The van der Waals surface area contributed by atoms with Gasteiger partial charge in [-0.1, -0.05) is 0 Å². The van der Waals surface area contributed by atoms with Crippen molar-refractivity contribution in [3.63, 3.8) is 0 Å². The van der Waals surface area contributed by atoms with Crippen LogP contribution in [0.2, 0.25) is 0 Å².